The van der Waals surface area contributed by atoms with Gasteiger partial charge in [-0.2, -0.15) is 0 Å². The van der Waals surface area contributed by atoms with Crippen molar-refractivity contribution in [3.63, 3.8) is 0 Å². The summed E-state index contributed by atoms with van der Waals surface area (Å²) in [6.45, 7) is 4.15. The van der Waals surface area contributed by atoms with Gasteiger partial charge in [-0.3, -0.25) is 14.9 Å². The number of nitrogens with zero attached hydrogens (tertiary/aromatic N) is 3. The molecule has 1 aliphatic heterocycles. The predicted octanol–water partition coefficient (Wildman–Crippen LogP) is 2.67. The normalized spacial score (nSPS) is 26.5. The summed E-state index contributed by atoms with van der Waals surface area (Å²) in [4.78, 5) is 11.1. The maximum absolute atomic E-state index is 6.04. The molecule has 0 unspecified atom stereocenters. The first-order valence-electron chi connectivity index (χ1n) is 9.10. The highest BCUT2D eigenvalue weighted by Gasteiger charge is 2.40. The molecule has 2 aromatic heterocycles. The molecule has 25 heavy (non-hydrogen) atoms. The average Bonchev–Trinajstić information content (AvgIpc) is 3.08. The van der Waals surface area contributed by atoms with Crippen molar-refractivity contribution in [3.8, 4) is 0 Å². The Kier molecular flexibility index (Phi) is 5.35. The highest BCUT2D eigenvalue weighted by atomic mass is 16.5. The fourth-order valence-corrected chi connectivity index (χ4v) is 3.98. The van der Waals surface area contributed by atoms with Crippen molar-refractivity contribution in [2.24, 2.45) is 5.92 Å². The summed E-state index contributed by atoms with van der Waals surface area (Å²) < 4.78 is 12.0. The van der Waals surface area contributed by atoms with Crippen LogP contribution in [0.3, 0.4) is 0 Å². The third kappa shape index (κ3) is 4.24. The third-order valence-corrected chi connectivity index (χ3v) is 5.19. The SMILES string of the molecule is c1ccc(CN2CCO[C@@H]3C[C@H](COCc4cccnc4)C[C@H]32)nc1. The van der Waals surface area contributed by atoms with Crippen LogP contribution in [-0.4, -0.2) is 46.8 Å². The molecule has 4 rings (SSSR count). The van der Waals surface area contributed by atoms with Crippen LogP contribution < -0.4 is 0 Å². The average molecular weight is 339 g/mol. The van der Waals surface area contributed by atoms with Crippen LogP contribution in [0.25, 0.3) is 0 Å². The fraction of sp³-hybridized carbons (Fsp3) is 0.500. The van der Waals surface area contributed by atoms with E-state index in [0.29, 0.717) is 24.7 Å². The Hall–Kier alpha value is -1.82. The van der Waals surface area contributed by atoms with Gasteiger partial charge < -0.3 is 9.47 Å². The zero-order chi connectivity index (χ0) is 16.9. The Morgan fingerprint density at radius 3 is 3.00 bits per heavy atom. The first kappa shape index (κ1) is 16.6. The van der Waals surface area contributed by atoms with Gasteiger partial charge in [-0.05, 0) is 42.5 Å². The van der Waals surface area contributed by atoms with Crippen molar-refractivity contribution in [1.82, 2.24) is 14.9 Å². The van der Waals surface area contributed by atoms with E-state index in [1.807, 2.05) is 24.5 Å². The van der Waals surface area contributed by atoms with Crippen molar-refractivity contribution in [1.29, 1.82) is 0 Å². The summed E-state index contributed by atoms with van der Waals surface area (Å²) in [6, 6.07) is 10.6. The molecule has 2 aliphatic rings. The van der Waals surface area contributed by atoms with E-state index in [-0.39, 0.29) is 0 Å². The lowest BCUT2D eigenvalue weighted by Gasteiger charge is -2.37. The second-order valence-corrected chi connectivity index (χ2v) is 6.98. The highest BCUT2D eigenvalue weighted by molar-refractivity contribution is 5.07. The molecule has 1 saturated heterocycles. The standard InChI is InChI=1S/C20H25N3O2/c1-2-7-22-18(5-1)13-23-8-9-25-20-11-17(10-19(20)23)15-24-14-16-4-3-6-21-12-16/h1-7,12,17,19-20H,8-11,13-15H2/t17-,19-,20-/m1/s1. The number of morpholine rings is 1. The van der Waals surface area contributed by atoms with Crippen LogP contribution in [0, 0.1) is 5.92 Å². The van der Waals surface area contributed by atoms with E-state index < -0.39 is 0 Å². The zero-order valence-corrected chi connectivity index (χ0v) is 14.5. The Balaban J connectivity index is 1.30. The van der Waals surface area contributed by atoms with Gasteiger partial charge in [0, 0.05) is 44.3 Å². The first-order chi connectivity index (χ1) is 12.4. The molecule has 1 aliphatic carbocycles. The molecule has 2 aromatic rings. The number of fused-ring (bicyclic) bond motifs is 1. The monoisotopic (exact) mass is 339 g/mol. The van der Waals surface area contributed by atoms with Crippen LogP contribution in [0.1, 0.15) is 24.1 Å². The minimum absolute atomic E-state index is 0.337. The lowest BCUT2D eigenvalue weighted by Crippen LogP contribution is -2.47. The smallest absolute Gasteiger partial charge is 0.0734 e. The molecule has 5 heteroatoms. The summed E-state index contributed by atoms with van der Waals surface area (Å²) in [5.74, 6) is 0.566. The third-order valence-electron chi connectivity index (χ3n) is 5.19. The number of aromatic nitrogens is 2. The lowest BCUT2D eigenvalue weighted by atomic mass is 10.1. The van der Waals surface area contributed by atoms with E-state index in [9.17, 15) is 0 Å². The Morgan fingerprint density at radius 1 is 1.16 bits per heavy atom. The number of hydrogen-bond acceptors (Lipinski definition) is 5. The fourth-order valence-electron chi connectivity index (χ4n) is 3.98. The number of ether oxygens (including phenoxy) is 2. The van der Waals surface area contributed by atoms with Crippen molar-refractivity contribution in [2.45, 2.75) is 38.1 Å². The minimum atomic E-state index is 0.337. The van der Waals surface area contributed by atoms with Crippen molar-refractivity contribution < 1.29 is 9.47 Å². The summed E-state index contributed by atoms with van der Waals surface area (Å²) in [5.41, 5.74) is 2.27. The van der Waals surface area contributed by atoms with Crippen LogP contribution in [0.15, 0.2) is 48.9 Å². The summed E-state index contributed by atoms with van der Waals surface area (Å²) in [7, 11) is 0. The molecule has 1 saturated carbocycles. The van der Waals surface area contributed by atoms with E-state index in [1.165, 1.54) is 0 Å². The van der Waals surface area contributed by atoms with Crippen molar-refractivity contribution in [2.75, 3.05) is 19.8 Å². The lowest BCUT2D eigenvalue weighted by molar-refractivity contribution is -0.0595. The molecule has 3 heterocycles. The largest absolute Gasteiger partial charge is 0.376 e. The predicted molar refractivity (Wildman–Crippen MR) is 94.8 cm³/mol. The first-order valence-corrected chi connectivity index (χ1v) is 9.10. The molecule has 3 atom stereocenters. The van der Waals surface area contributed by atoms with Gasteiger partial charge in [0.2, 0.25) is 0 Å². The molecule has 0 aromatic carbocycles. The van der Waals surface area contributed by atoms with Crippen LogP contribution in [0.4, 0.5) is 0 Å². The van der Waals surface area contributed by atoms with Gasteiger partial charge in [0.05, 0.1) is 25.0 Å². The van der Waals surface area contributed by atoms with Crippen molar-refractivity contribution >= 4 is 0 Å². The molecule has 0 bridgehead atoms. The van der Waals surface area contributed by atoms with E-state index >= 15 is 0 Å². The highest BCUT2D eigenvalue weighted by Crippen LogP contribution is 2.35. The van der Waals surface area contributed by atoms with Gasteiger partial charge in [-0.25, -0.2) is 0 Å². The van der Waals surface area contributed by atoms with Gasteiger partial charge in [0.1, 0.15) is 0 Å². The van der Waals surface area contributed by atoms with Crippen molar-refractivity contribution in [3.05, 3.63) is 60.2 Å². The van der Waals surface area contributed by atoms with E-state index in [1.54, 1.807) is 6.20 Å². The number of pyridine rings is 2. The quantitative estimate of drug-likeness (QED) is 0.810. The van der Waals surface area contributed by atoms with E-state index in [0.717, 1.165) is 50.4 Å². The Morgan fingerprint density at radius 2 is 2.16 bits per heavy atom. The molecular formula is C20H25N3O2. The second-order valence-electron chi connectivity index (χ2n) is 6.98. The van der Waals surface area contributed by atoms with Gasteiger partial charge in [-0.15, -0.1) is 0 Å². The maximum atomic E-state index is 6.04. The molecule has 0 amide bonds. The van der Waals surface area contributed by atoms with Crippen LogP contribution in [0.5, 0.6) is 0 Å². The molecule has 5 nitrogen and oxygen atoms in total. The molecule has 2 fully saturated rings. The minimum Gasteiger partial charge on any atom is -0.376 e. The summed E-state index contributed by atoms with van der Waals surface area (Å²) >= 11 is 0. The molecule has 132 valence electrons. The molecule has 0 spiro atoms. The van der Waals surface area contributed by atoms with Crippen LogP contribution >= 0.6 is 0 Å². The molecule has 0 radical (unpaired) electrons. The van der Waals surface area contributed by atoms with E-state index in [2.05, 4.69) is 33.1 Å². The number of rotatable bonds is 6. The van der Waals surface area contributed by atoms with Gasteiger partial charge in [-0.1, -0.05) is 12.1 Å². The molecular weight excluding hydrogens is 314 g/mol. The Bertz CT molecular complexity index is 653. The second kappa shape index (κ2) is 8.04. The van der Waals surface area contributed by atoms with Crippen LogP contribution in [0.2, 0.25) is 0 Å². The maximum Gasteiger partial charge on any atom is 0.0734 e. The van der Waals surface area contributed by atoms with Gasteiger partial charge >= 0.3 is 0 Å². The van der Waals surface area contributed by atoms with Crippen LogP contribution in [-0.2, 0) is 22.6 Å². The number of hydrogen-bond donors (Lipinski definition) is 0. The van der Waals surface area contributed by atoms with Gasteiger partial charge in [0.25, 0.3) is 0 Å². The Labute approximate surface area is 149 Å². The van der Waals surface area contributed by atoms with E-state index in [4.69, 9.17) is 9.47 Å². The summed E-state index contributed by atoms with van der Waals surface area (Å²) in [6.07, 6.45) is 8.10. The van der Waals surface area contributed by atoms with Gasteiger partial charge in [0.15, 0.2) is 0 Å². The summed E-state index contributed by atoms with van der Waals surface area (Å²) in [5, 5.41) is 0. The topological polar surface area (TPSA) is 47.5 Å². The zero-order valence-electron chi connectivity index (χ0n) is 14.5. The molecule has 0 N–H and O–H groups in total.